The van der Waals surface area contributed by atoms with Crippen LogP contribution in [-0.4, -0.2) is 29.9 Å². The molecule has 0 unspecified atom stereocenters. The molecular weight excluding hydrogens is 265 g/mol. The van der Waals surface area contributed by atoms with E-state index < -0.39 is 7.12 Å². The smallest absolute Gasteiger partial charge is 0.478 e. The molecule has 21 heavy (non-hydrogen) atoms. The van der Waals surface area contributed by atoms with E-state index in [9.17, 15) is 0 Å². The van der Waals surface area contributed by atoms with Gasteiger partial charge in [0.2, 0.25) is 5.88 Å². The maximum atomic E-state index is 6.08. The first-order chi connectivity index (χ1) is 9.87. The van der Waals surface area contributed by atoms with Gasteiger partial charge < -0.3 is 14.0 Å². The Balaban J connectivity index is 2.10. The van der Waals surface area contributed by atoms with Crippen molar-refractivity contribution in [1.82, 2.24) is 4.98 Å². The van der Waals surface area contributed by atoms with E-state index >= 15 is 0 Å². The first-order valence-corrected chi connectivity index (χ1v) is 7.81. The summed E-state index contributed by atoms with van der Waals surface area (Å²) in [6.07, 6.45) is 5.12. The van der Waals surface area contributed by atoms with E-state index in [2.05, 4.69) is 11.9 Å². The lowest BCUT2D eigenvalue weighted by molar-refractivity contribution is 0.00578. The minimum atomic E-state index is -0.426. The van der Waals surface area contributed by atoms with Crippen molar-refractivity contribution in [3.63, 3.8) is 0 Å². The number of hydrogen-bond donors (Lipinski definition) is 0. The van der Waals surface area contributed by atoms with Crippen LogP contribution in [0, 0.1) is 0 Å². The quantitative estimate of drug-likeness (QED) is 0.597. The van der Waals surface area contributed by atoms with Crippen molar-refractivity contribution >= 4 is 12.6 Å². The SMILES string of the molecule is CCCCCOc1ncccc1B1OC(C)(C)C(C)(C)O1. The molecule has 0 N–H and O–H groups in total. The van der Waals surface area contributed by atoms with Crippen molar-refractivity contribution in [3.05, 3.63) is 18.3 Å². The Hall–Kier alpha value is -1.07. The third-order valence-corrected chi connectivity index (χ3v) is 4.29. The molecule has 0 spiro atoms. The third-order valence-electron chi connectivity index (χ3n) is 4.29. The number of nitrogens with zero attached hydrogens (tertiary/aromatic N) is 1. The minimum Gasteiger partial charge on any atom is -0.478 e. The first kappa shape index (κ1) is 16.3. The van der Waals surface area contributed by atoms with Gasteiger partial charge >= 0.3 is 7.12 Å². The molecule has 0 atom stereocenters. The Bertz CT molecular complexity index is 460. The fraction of sp³-hybridized carbons (Fsp3) is 0.688. The first-order valence-electron chi connectivity index (χ1n) is 7.81. The molecule has 1 aromatic rings. The molecule has 116 valence electrons. The van der Waals surface area contributed by atoms with Gasteiger partial charge in [0.15, 0.2) is 0 Å². The second-order valence-electron chi connectivity index (χ2n) is 6.54. The molecule has 1 aromatic heterocycles. The van der Waals surface area contributed by atoms with Crippen LogP contribution in [0.5, 0.6) is 5.88 Å². The monoisotopic (exact) mass is 291 g/mol. The molecule has 0 amide bonds. The highest BCUT2D eigenvalue weighted by Crippen LogP contribution is 2.36. The second-order valence-corrected chi connectivity index (χ2v) is 6.54. The number of pyridine rings is 1. The highest BCUT2D eigenvalue weighted by atomic mass is 16.7. The molecule has 0 aromatic carbocycles. The van der Waals surface area contributed by atoms with Crippen LogP contribution in [0.25, 0.3) is 0 Å². The molecule has 1 fully saturated rings. The summed E-state index contributed by atoms with van der Waals surface area (Å²) < 4.78 is 18.0. The van der Waals surface area contributed by atoms with E-state index in [0.29, 0.717) is 12.5 Å². The van der Waals surface area contributed by atoms with Gasteiger partial charge in [-0.1, -0.05) is 25.8 Å². The van der Waals surface area contributed by atoms with Crippen LogP contribution in [0.1, 0.15) is 53.9 Å². The summed E-state index contributed by atoms with van der Waals surface area (Å²) in [6.45, 7) is 11.0. The van der Waals surface area contributed by atoms with Crippen LogP contribution in [0.4, 0.5) is 0 Å². The molecule has 4 nitrogen and oxygen atoms in total. The molecule has 1 aliphatic heterocycles. The standard InChI is InChI=1S/C16H26BNO3/c1-6-7-8-12-19-14-13(10-9-11-18-14)17-20-15(2,3)16(4,5)21-17/h9-11H,6-8,12H2,1-5H3. The van der Waals surface area contributed by atoms with Crippen LogP contribution >= 0.6 is 0 Å². The lowest BCUT2D eigenvalue weighted by Crippen LogP contribution is -2.41. The Labute approximate surface area is 128 Å². The van der Waals surface area contributed by atoms with E-state index in [4.69, 9.17) is 14.0 Å². The minimum absolute atomic E-state index is 0.354. The number of ether oxygens (including phenoxy) is 1. The van der Waals surface area contributed by atoms with Gasteiger partial charge in [0.25, 0.3) is 0 Å². The molecule has 0 radical (unpaired) electrons. The maximum absolute atomic E-state index is 6.08. The zero-order valence-electron chi connectivity index (χ0n) is 13.8. The van der Waals surface area contributed by atoms with Crippen molar-refractivity contribution in [3.8, 4) is 5.88 Å². The van der Waals surface area contributed by atoms with Crippen LogP contribution in [0.2, 0.25) is 0 Å². The van der Waals surface area contributed by atoms with Crippen molar-refractivity contribution in [2.45, 2.75) is 65.1 Å². The highest BCUT2D eigenvalue weighted by molar-refractivity contribution is 6.63. The Morgan fingerprint density at radius 1 is 1.14 bits per heavy atom. The van der Waals surface area contributed by atoms with Gasteiger partial charge in [-0.3, -0.25) is 0 Å². The van der Waals surface area contributed by atoms with E-state index in [0.717, 1.165) is 11.9 Å². The number of rotatable bonds is 6. The second kappa shape index (κ2) is 6.36. The third kappa shape index (κ3) is 3.58. The number of unbranched alkanes of at least 4 members (excludes halogenated alkanes) is 2. The van der Waals surface area contributed by atoms with Crippen molar-refractivity contribution in [2.75, 3.05) is 6.61 Å². The molecule has 5 heteroatoms. The molecular formula is C16H26BNO3. The van der Waals surface area contributed by atoms with Gasteiger partial charge in [0.1, 0.15) is 0 Å². The number of aromatic nitrogens is 1. The summed E-state index contributed by atoms with van der Waals surface area (Å²) in [5.41, 5.74) is 0.160. The van der Waals surface area contributed by atoms with Crippen LogP contribution < -0.4 is 10.2 Å². The fourth-order valence-corrected chi connectivity index (χ4v) is 2.19. The van der Waals surface area contributed by atoms with Crippen LogP contribution in [-0.2, 0) is 9.31 Å². The normalized spacial score (nSPS) is 19.8. The van der Waals surface area contributed by atoms with Gasteiger partial charge in [-0.25, -0.2) is 4.98 Å². The molecule has 2 rings (SSSR count). The van der Waals surface area contributed by atoms with E-state index in [1.165, 1.54) is 12.8 Å². The fourth-order valence-electron chi connectivity index (χ4n) is 2.19. The average Bonchev–Trinajstić information content (AvgIpc) is 2.64. The van der Waals surface area contributed by atoms with Crippen molar-refractivity contribution < 1.29 is 14.0 Å². The van der Waals surface area contributed by atoms with E-state index in [1.54, 1.807) is 6.20 Å². The Morgan fingerprint density at radius 2 is 1.81 bits per heavy atom. The van der Waals surface area contributed by atoms with Crippen LogP contribution in [0.15, 0.2) is 18.3 Å². The summed E-state index contributed by atoms with van der Waals surface area (Å²) in [5.74, 6) is 0.618. The topological polar surface area (TPSA) is 40.6 Å². The van der Waals surface area contributed by atoms with Gasteiger partial charge in [0.05, 0.1) is 17.8 Å². The van der Waals surface area contributed by atoms with Crippen LogP contribution in [0.3, 0.4) is 0 Å². The molecule has 0 bridgehead atoms. The molecule has 1 saturated heterocycles. The van der Waals surface area contributed by atoms with Crippen molar-refractivity contribution in [2.24, 2.45) is 0 Å². The van der Waals surface area contributed by atoms with Gasteiger partial charge in [-0.15, -0.1) is 0 Å². The molecule has 0 saturated carbocycles. The highest BCUT2D eigenvalue weighted by Gasteiger charge is 2.52. The summed E-state index contributed by atoms with van der Waals surface area (Å²) in [5, 5.41) is 0. The predicted molar refractivity (Wildman–Crippen MR) is 85.0 cm³/mol. The molecule has 0 aliphatic carbocycles. The molecule has 1 aliphatic rings. The predicted octanol–water partition coefficient (Wildman–Crippen LogP) is 2.95. The summed E-state index contributed by atoms with van der Waals surface area (Å²) in [4.78, 5) is 4.33. The van der Waals surface area contributed by atoms with Gasteiger partial charge in [0, 0.05) is 11.7 Å². The zero-order valence-corrected chi connectivity index (χ0v) is 13.8. The average molecular weight is 291 g/mol. The number of hydrogen-bond acceptors (Lipinski definition) is 4. The lowest BCUT2D eigenvalue weighted by Gasteiger charge is -2.32. The summed E-state index contributed by atoms with van der Waals surface area (Å²) >= 11 is 0. The molecule has 2 heterocycles. The summed E-state index contributed by atoms with van der Waals surface area (Å²) in [7, 11) is -0.426. The lowest BCUT2D eigenvalue weighted by atomic mass is 9.80. The van der Waals surface area contributed by atoms with Gasteiger partial charge in [-0.05, 0) is 40.2 Å². The largest absolute Gasteiger partial charge is 0.500 e. The van der Waals surface area contributed by atoms with Crippen molar-refractivity contribution in [1.29, 1.82) is 0 Å². The summed E-state index contributed by atoms with van der Waals surface area (Å²) in [6, 6.07) is 3.85. The zero-order chi connectivity index (χ0) is 15.5. The Morgan fingerprint density at radius 3 is 2.43 bits per heavy atom. The maximum Gasteiger partial charge on any atom is 0.500 e. The van der Waals surface area contributed by atoms with Gasteiger partial charge in [-0.2, -0.15) is 0 Å². The van der Waals surface area contributed by atoms with E-state index in [-0.39, 0.29) is 11.2 Å². The Kier molecular flexibility index (Phi) is 4.94. The van der Waals surface area contributed by atoms with E-state index in [1.807, 2.05) is 39.8 Å².